The molecule has 0 spiro atoms. The summed E-state index contributed by atoms with van der Waals surface area (Å²) in [7, 11) is -4.26. The van der Waals surface area contributed by atoms with Crippen molar-refractivity contribution in [3.05, 3.63) is 29.8 Å². The van der Waals surface area contributed by atoms with E-state index < -0.39 is 16.1 Å². The Kier molecular flexibility index (Phi) is 2.35. The molecule has 0 aliphatic rings. The molecule has 0 bridgehead atoms. The van der Waals surface area contributed by atoms with Crippen molar-refractivity contribution in [1.82, 2.24) is 0 Å². The molecule has 13 heavy (non-hydrogen) atoms. The monoisotopic (exact) mass is 201 g/mol. The first-order valence-corrected chi connectivity index (χ1v) is 4.64. The Hall–Kier alpha value is -1.40. The highest BCUT2D eigenvalue weighted by Crippen LogP contribution is 2.09. The summed E-state index contributed by atoms with van der Waals surface area (Å²) < 4.78 is 29.5. The van der Waals surface area contributed by atoms with Crippen LogP contribution in [0.4, 0.5) is 0 Å². The van der Waals surface area contributed by atoms with Crippen LogP contribution >= 0.6 is 0 Å². The number of carbonyl (C=O) groups excluding carboxylic acids is 1. The van der Waals surface area contributed by atoms with Gasteiger partial charge in [-0.15, -0.1) is 0 Å². The van der Waals surface area contributed by atoms with E-state index in [4.69, 9.17) is 4.55 Å². The molecule has 69 valence electrons. The summed E-state index contributed by atoms with van der Waals surface area (Å²) in [6.45, 7) is 0. The predicted octanol–water partition coefficient (Wildman–Crippen LogP) is 0.504. The highest BCUT2D eigenvalue weighted by Gasteiger charge is 2.10. The molecule has 0 heterocycles. The number of rotatable bonds is 2. The van der Waals surface area contributed by atoms with Gasteiger partial charge in [0, 0.05) is 0 Å². The van der Waals surface area contributed by atoms with Crippen molar-refractivity contribution in [3.63, 3.8) is 0 Å². The van der Waals surface area contributed by atoms with Gasteiger partial charge in [-0.1, -0.05) is 0 Å². The number of carbonyl (C=O) groups is 1. The lowest BCUT2D eigenvalue weighted by Crippen LogP contribution is -1.99. The lowest BCUT2D eigenvalue weighted by atomic mass is 10.2. The highest BCUT2D eigenvalue weighted by atomic mass is 32.2. The van der Waals surface area contributed by atoms with E-state index in [9.17, 15) is 18.3 Å². The average molecular weight is 201 g/mol. The molecule has 0 aliphatic heterocycles. The molecular formula is C7H5O5S. The second-order valence-electron chi connectivity index (χ2n) is 2.29. The third-order valence-corrected chi connectivity index (χ3v) is 2.26. The van der Waals surface area contributed by atoms with E-state index in [0.29, 0.717) is 0 Å². The molecular weight excluding hydrogens is 196 g/mol. The lowest BCUT2D eigenvalue weighted by Gasteiger charge is -1.95. The van der Waals surface area contributed by atoms with Crippen LogP contribution in [-0.4, -0.2) is 18.9 Å². The van der Waals surface area contributed by atoms with Gasteiger partial charge in [0.05, 0.1) is 10.5 Å². The minimum absolute atomic E-state index is 0.146. The summed E-state index contributed by atoms with van der Waals surface area (Å²) in [6, 6.07) is 4.05. The van der Waals surface area contributed by atoms with Gasteiger partial charge in [0.2, 0.25) is 0 Å². The van der Waals surface area contributed by atoms with E-state index in [0.717, 1.165) is 24.3 Å². The predicted molar refractivity (Wildman–Crippen MR) is 41.3 cm³/mol. The molecule has 5 nitrogen and oxygen atoms in total. The smallest absolute Gasteiger partial charge is 0.282 e. The van der Waals surface area contributed by atoms with Crippen molar-refractivity contribution in [2.24, 2.45) is 0 Å². The van der Waals surface area contributed by atoms with Gasteiger partial charge >= 0.3 is 5.97 Å². The second kappa shape index (κ2) is 3.15. The third-order valence-electron chi connectivity index (χ3n) is 1.39. The maximum absolute atomic E-state index is 10.5. The Morgan fingerprint density at radius 2 is 1.62 bits per heavy atom. The number of hydrogen-bond acceptors (Lipinski definition) is 3. The molecule has 1 radical (unpaired) electrons. The molecule has 1 rings (SSSR count). The molecule has 1 aromatic rings. The minimum Gasteiger partial charge on any atom is -0.282 e. The first kappa shape index (κ1) is 9.69. The van der Waals surface area contributed by atoms with E-state index in [1.54, 1.807) is 0 Å². The van der Waals surface area contributed by atoms with Crippen molar-refractivity contribution < 1.29 is 22.9 Å². The Morgan fingerprint density at radius 3 is 1.92 bits per heavy atom. The quantitative estimate of drug-likeness (QED) is 0.705. The maximum Gasteiger partial charge on any atom is 0.386 e. The Bertz CT molecular complexity index is 417. The van der Waals surface area contributed by atoms with Gasteiger partial charge in [0.15, 0.2) is 0 Å². The number of benzene rings is 1. The zero-order chi connectivity index (χ0) is 10.1. The topological polar surface area (TPSA) is 91.3 Å². The van der Waals surface area contributed by atoms with E-state index in [2.05, 4.69) is 0 Å². The molecule has 0 aliphatic carbocycles. The van der Waals surface area contributed by atoms with E-state index in [1.165, 1.54) is 0 Å². The fraction of sp³-hybridized carbons (Fsp3) is 0. The zero-order valence-electron chi connectivity index (χ0n) is 6.30. The zero-order valence-corrected chi connectivity index (χ0v) is 7.11. The fourth-order valence-corrected chi connectivity index (χ4v) is 1.24. The van der Waals surface area contributed by atoms with Crippen LogP contribution < -0.4 is 0 Å². The maximum atomic E-state index is 10.5. The van der Waals surface area contributed by atoms with Crippen molar-refractivity contribution in [2.75, 3.05) is 0 Å². The van der Waals surface area contributed by atoms with Crippen LogP contribution in [0.5, 0.6) is 0 Å². The summed E-state index contributed by atoms with van der Waals surface area (Å²) in [5.41, 5.74) is -0.146. The van der Waals surface area contributed by atoms with Crippen LogP contribution in [0.3, 0.4) is 0 Å². The largest absolute Gasteiger partial charge is 0.386 e. The van der Waals surface area contributed by atoms with E-state index in [1.807, 2.05) is 0 Å². The fourth-order valence-electron chi connectivity index (χ4n) is 0.763. The van der Waals surface area contributed by atoms with Crippen LogP contribution in [0.1, 0.15) is 10.4 Å². The molecule has 0 fully saturated rings. The first-order valence-electron chi connectivity index (χ1n) is 3.20. The molecule has 0 saturated heterocycles. The van der Waals surface area contributed by atoms with Gasteiger partial charge in [0.25, 0.3) is 10.1 Å². The standard InChI is InChI=1S/C7H5O5S/c8-7(9)5-1-3-6(4-2-5)13(10,11)12/h1-4H,(H,10,11,12). The van der Waals surface area contributed by atoms with Crippen LogP contribution in [-0.2, 0) is 15.2 Å². The average Bonchev–Trinajstić information content (AvgIpc) is 2.03. The van der Waals surface area contributed by atoms with Gasteiger partial charge in [0.1, 0.15) is 0 Å². The molecule has 6 heteroatoms. The van der Waals surface area contributed by atoms with Gasteiger partial charge in [-0.05, 0) is 24.3 Å². The molecule has 0 saturated carbocycles. The first-order chi connectivity index (χ1) is 5.91. The SMILES string of the molecule is [O]C(=O)c1ccc(S(=O)(=O)O)cc1. The minimum atomic E-state index is -4.26. The molecule has 0 atom stereocenters. The summed E-state index contributed by atoms with van der Waals surface area (Å²) in [4.78, 5) is 9.89. The highest BCUT2D eigenvalue weighted by molar-refractivity contribution is 7.85. The second-order valence-corrected chi connectivity index (χ2v) is 3.71. The van der Waals surface area contributed by atoms with E-state index >= 15 is 0 Å². The lowest BCUT2D eigenvalue weighted by molar-refractivity contribution is 0.0573. The summed E-state index contributed by atoms with van der Waals surface area (Å²) in [5.74, 6) is -1.40. The van der Waals surface area contributed by atoms with Crippen LogP contribution in [0.15, 0.2) is 29.2 Å². The molecule has 0 aromatic heterocycles. The summed E-state index contributed by atoms with van der Waals surface area (Å²) in [5, 5.41) is 10.2. The third kappa shape index (κ3) is 2.27. The normalized spacial score (nSPS) is 11.2. The molecule has 0 unspecified atom stereocenters. The van der Waals surface area contributed by atoms with Gasteiger partial charge in [-0.2, -0.15) is 8.42 Å². The Labute approximate surface area is 74.4 Å². The number of hydrogen-bond donors (Lipinski definition) is 1. The molecule has 0 amide bonds. The van der Waals surface area contributed by atoms with Crippen molar-refractivity contribution in [1.29, 1.82) is 0 Å². The summed E-state index contributed by atoms with van der Waals surface area (Å²) in [6.07, 6.45) is 0. The van der Waals surface area contributed by atoms with Crippen molar-refractivity contribution in [2.45, 2.75) is 4.90 Å². The molecule has 1 N–H and O–H groups in total. The van der Waals surface area contributed by atoms with Crippen molar-refractivity contribution >= 4 is 16.1 Å². The van der Waals surface area contributed by atoms with Crippen molar-refractivity contribution in [3.8, 4) is 0 Å². The van der Waals surface area contributed by atoms with Crippen LogP contribution in [0.25, 0.3) is 0 Å². The van der Waals surface area contributed by atoms with Crippen LogP contribution in [0, 0.1) is 0 Å². The molecule has 1 aromatic carbocycles. The van der Waals surface area contributed by atoms with Crippen LogP contribution in [0.2, 0.25) is 0 Å². The summed E-state index contributed by atoms with van der Waals surface area (Å²) >= 11 is 0. The van der Waals surface area contributed by atoms with Gasteiger partial charge in [-0.25, -0.2) is 9.90 Å². The van der Waals surface area contributed by atoms with Gasteiger partial charge < -0.3 is 0 Å². The Morgan fingerprint density at radius 1 is 1.15 bits per heavy atom. The Balaban J connectivity index is 3.16. The van der Waals surface area contributed by atoms with E-state index in [-0.39, 0.29) is 10.5 Å². The van der Waals surface area contributed by atoms with Gasteiger partial charge in [-0.3, -0.25) is 4.55 Å².